The Labute approximate surface area is 210 Å². The summed E-state index contributed by atoms with van der Waals surface area (Å²) in [5.74, 6) is -1.05. The van der Waals surface area contributed by atoms with Crippen LogP contribution in [0, 0.1) is 0 Å². The van der Waals surface area contributed by atoms with E-state index in [1.165, 1.54) is 30.6 Å². The van der Waals surface area contributed by atoms with E-state index in [0.29, 0.717) is 16.3 Å². The third kappa shape index (κ3) is 5.03. The van der Waals surface area contributed by atoms with E-state index in [4.69, 9.17) is 4.74 Å². The van der Waals surface area contributed by atoms with E-state index in [1.807, 2.05) is 0 Å². The summed E-state index contributed by atoms with van der Waals surface area (Å²) in [5.41, 5.74) is 1.64. The second kappa shape index (κ2) is 10.3. The predicted octanol–water partition coefficient (Wildman–Crippen LogP) is 5.01. The number of esters is 1. The molecule has 1 heterocycles. The van der Waals surface area contributed by atoms with Crippen LogP contribution < -0.4 is 9.62 Å². The number of sulfonamides is 1. The lowest BCUT2D eigenvalue weighted by atomic mass is 9.95. The molecule has 1 aliphatic rings. The smallest absolute Gasteiger partial charge is 0.341 e. The van der Waals surface area contributed by atoms with Gasteiger partial charge in [-0.3, -0.25) is 9.10 Å². The Balaban J connectivity index is 1.67. The van der Waals surface area contributed by atoms with Gasteiger partial charge >= 0.3 is 5.97 Å². The number of thiophene rings is 1. The molecule has 0 fully saturated rings. The van der Waals surface area contributed by atoms with Crippen LogP contribution in [0.15, 0.2) is 64.0 Å². The molecule has 7 nitrogen and oxygen atoms in total. The Kier molecular flexibility index (Phi) is 7.39. The van der Waals surface area contributed by atoms with Crippen LogP contribution in [-0.2, 0) is 32.4 Å². The average molecular weight is 563 g/mol. The molecule has 1 amide bonds. The first kappa shape index (κ1) is 24.4. The van der Waals surface area contributed by atoms with Crippen molar-refractivity contribution in [3.05, 3.63) is 75.1 Å². The van der Waals surface area contributed by atoms with Gasteiger partial charge in [-0.15, -0.1) is 11.3 Å². The highest BCUT2D eigenvalue weighted by Gasteiger charge is 2.30. The van der Waals surface area contributed by atoms with Gasteiger partial charge in [-0.2, -0.15) is 0 Å². The summed E-state index contributed by atoms with van der Waals surface area (Å²) >= 11 is 4.71. The van der Waals surface area contributed by atoms with Crippen LogP contribution in [0.1, 0.15) is 33.6 Å². The van der Waals surface area contributed by atoms with Gasteiger partial charge in [0.2, 0.25) is 5.91 Å². The molecule has 10 heteroatoms. The van der Waals surface area contributed by atoms with Gasteiger partial charge in [-0.1, -0.05) is 34.1 Å². The molecule has 0 radical (unpaired) electrons. The molecule has 0 atom stereocenters. The standard InChI is InChI=1S/C24H23BrN2O5S2/c1-32-24(29)22-19-9-5-6-10-20(19)33-23(22)26-21(28)15-27(17-13-11-16(25)12-14-17)34(30,31)18-7-3-2-4-8-18/h2-4,7-8,11-14H,5-6,9-10,15H2,1H3,(H,26,28). The number of aryl methyl sites for hydroxylation is 1. The number of carbonyl (C=O) groups is 2. The maximum absolute atomic E-state index is 13.4. The van der Waals surface area contributed by atoms with Crippen molar-refractivity contribution in [2.75, 3.05) is 23.3 Å². The summed E-state index contributed by atoms with van der Waals surface area (Å²) in [4.78, 5) is 26.8. The van der Waals surface area contributed by atoms with Gasteiger partial charge in [0, 0.05) is 9.35 Å². The molecule has 2 aromatic carbocycles. The number of nitrogens with zero attached hydrogens (tertiary/aromatic N) is 1. The predicted molar refractivity (Wildman–Crippen MR) is 136 cm³/mol. The molecule has 0 spiro atoms. The minimum atomic E-state index is -4.02. The van der Waals surface area contributed by atoms with Crippen molar-refractivity contribution in [2.24, 2.45) is 0 Å². The Morgan fingerprint density at radius 2 is 1.74 bits per heavy atom. The lowest BCUT2D eigenvalue weighted by molar-refractivity contribution is -0.114. The molecule has 0 unspecified atom stereocenters. The number of halogens is 1. The molecule has 34 heavy (non-hydrogen) atoms. The first-order valence-electron chi connectivity index (χ1n) is 10.7. The van der Waals surface area contributed by atoms with Gasteiger partial charge in [0.1, 0.15) is 11.5 Å². The van der Waals surface area contributed by atoms with Crippen molar-refractivity contribution in [3.8, 4) is 0 Å². The van der Waals surface area contributed by atoms with E-state index in [9.17, 15) is 18.0 Å². The van der Waals surface area contributed by atoms with Crippen molar-refractivity contribution >= 4 is 59.9 Å². The van der Waals surface area contributed by atoms with Crippen molar-refractivity contribution in [3.63, 3.8) is 0 Å². The minimum Gasteiger partial charge on any atom is -0.465 e. The molecular weight excluding hydrogens is 540 g/mol. The van der Waals surface area contributed by atoms with Gasteiger partial charge in [0.15, 0.2) is 0 Å². The number of fused-ring (bicyclic) bond motifs is 1. The summed E-state index contributed by atoms with van der Waals surface area (Å²) in [6.45, 7) is -0.456. The summed E-state index contributed by atoms with van der Waals surface area (Å²) in [6, 6.07) is 14.6. The van der Waals surface area contributed by atoms with Crippen molar-refractivity contribution < 1.29 is 22.7 Å². The first-order chi connectivity index (χ1) is 16.3. The van der Waals surface area contributed by atoms with Crippen LogP contribution in [-0.4, -0.2) is 33.9 Å². The van der Waals surface area contributed by atoms with E-state index < -0.39 is 28.4 Å². The number of carbonyl (C=O) groups excluding carboxylic acids is 2. The maximum Gasteiger partial charge on any atom is 0.341 e. The number of rotatable bonds is 7. The van der Waals surface area contributed by atoms with Gasteiger partial charge in [-0.25, -0.2) is 13.2 Å². The van der Waals surface area contributed by atoms with E-state index >= 15 is 0 Å². The highest BCUT2D eigenvalue weighted by Crippen LogP contribution is 2.38. The number of methoxy groups -OCH3 is 1. The highest BCUT2D eigenvalue weighted by atomic mass is 79.9. The summed E-state index contributed by atoms with van der Waals surface area (Å²) in [7, 11) is -2.71. The monoisotopic (exact) mass is 562 g/mol. The third-order valence-corrected chi connectivity index (χ3v) is 9.07. The van der Waals surface area contributed by atoms with E-state index in [2.05, 4.69) is 21.2 Å². The van der Waals surface area contributed by atoms with Crippen LogP contribution in [0.25, 0.3) is 0 Å². The lowest BCUT2D eigenvalue weighted by Crippen LogP contribution is -2.38. The normalized spacial score (nSPS) is 13.1. The van der Waals surface area contributed by atoms with Crippen LogP contribution in [0.3, 0.4) is 0 Å². The zero-order valence-corrected chi connectivity index (χ0v) is 21.6. The second-order valence-electron chi connectivity index (χ2n) is 7.76. The van der Waals surface area contributed by atoms with Crippen molar-refractivity contribution in [1.82, 2.24) is 0 Å². The zero-order chi connectivity index (χ0) is 24.3. The molecule has 0 aliphatic heterocycles. The largest absolute Gasteiger partial charge is 0.465 e. The van der Waals surface area contributed by atoms with Gasteiger partial charge in [0.05, 0.1) is 23.3 Å². The highest BCUT2D eigenvalue weighted by molar-refractivity contribution is 9.10. The van der Waals surface area contributed by atoms with Crippen LogP contribution in [0.2, 0.25) is 0 Å². The van der Waals surface area contributed by atoms with Crippen LogP contribution in [0.5, 0.6) is 0 Å². The van der Waals surface area contributed by atoms with Gasteiger partial charge < -0.3 is 10.1 Å². The van der Waals surface area contributed by atoms with Gasteiger partial charge in [0.25, 0.3) is 10.0 Å². The number of nitrogens with one attached hydrogen (secondary N) is 1. The fourth-order valence-electron chi connectivity index (χ4n) is 3.91. The minimum absolute atomic E-state index is 0.0764. The van der Waals surface area contributed by atoms with Crippen LogP contribution >= 0.6 is 27.3 Å². The first-order valence-corrected chi connectivity index (χ1v) is 13.7. The average Bonchev–Trinajstić information content (AvgIpc) is 3.21. The summed E-state index contributed by atoms with van der Waals surface area (Å²) in [5, 5.41) is 3.18. The summed E-state index contributed by atoms with van der Waals surface area (Å²) < 4.78 is 33.7. The Morgan fingerprint density at radius 1 is 1.06 bits per heavy atom. The fraction of sp³-hybridized carbons (Fsp3) is 0.250. The summed E-state index contributed by atoms with van der Waals surface area (Å²) in [6.07, 6.45) is 3.58. The molecule has 1 aromatic heterocycles. The molecule has 0 saturated carbocycles. The number of benzene rings is 2. The third-order valence-electron chi connectivity index (χ3n) is 5.55. The van der Waals surface area contributed by atoms with E-state index in [1.54, 1.807) is 42.5 Å². The number of hydrogen-bond acceptors (Lipinski definition) is 6. The maximum atomic E-state index is 13.4. The Bertz CT molecular complexity index is 1310. The molecule has 0 bridgehead atoms. The van der Waals surface area contributed by atoms with Gasteiger partial charge in [-0.05, 0) is 67.6 Å². The number of anilines is 2. The Hall–Kier alpha value is -2.69. The fourth-order valence-corrected chi connectivity index (χ4v) is 6.91. The van der Waals surface area contributed by atoms with E-state index in [-0.39, 0.29) is 4.90 Å². The molecule has 4 rings (SSSR count). The van der Waals surface area contributed by atoms with E-state index in [0.717, 1.165) is 44.9 Å². The quantitative estimate of drug-likeness (QED) is 0.408. The van der Waals surface area contributed by atoms with Crippen molar-refractivity contribution in [1.29, 1.82) is 0 Å². The number of ether oxygens (including phenoxy) is 1. The molecule has 1 aliphatic carbocycles. The van der Waals surface area contributed by atoms with Crippen LogP contribution in [0.4, 0.5) is 10.7 Å². The second-order valence-corrected chi connectivity index (χ2v) is 11.6. The van der Waals surface area contributed by atoms with Crippen molar-refractivity contribution in [2.45, 2.75) is 30.6 Å². The number of hydrogen-bond donors (Lipinski definition) is 1. The molecule has 3 aromatic rings. The molecular formula is C24H23BrN2O5S2. The molecule has 178 valence electrons. The zero-order valence-electron chi connectivity index (χ0n) is 18.4. The molecule has 0 saturated heterocycles. The number of amides is 1. The lowest BCUT2D eigenvalue weighted by Gasteiger charge is -2.24. The SMILES string of the molecule is COC(=O)c1c(NC(=O)CN(c2ccc(Br)cc2)S(=O)(=O)c2ccccc2)sc2c1CCCC2. The Morgan fingerprint density at radius 3 is 2.41 bits per heavy atom. The topological polar surface area (TPSA) is 92.8 Å². The molecule has 1 N–H and O–H groups in total.